The molecule has 0 unspecified atom stereocenters. The molecule has 0 atom stereocenters. The van der Waals surface area contributed by atoms with E-state index in [1.165, 1.54) is 6.07 Å². The minimum atomic E-state index is -0.421. The maximum absolute atomic E-state index is 12.1. The monoisotopic (exact) mass is 311 g/mol. The Kier molecular flexibility index (Phi) is 4.73. The van der Waals surface area contributed by atoms with E-state index in [0.29, 0.717) is 22.5 Å². The largest absolute Gasteiger partial charge is 0.507 e. The minimum absolute atomic E-state index is 0.0708. The van der Waals surface area contributed by atoms with Crippen molar-refractivity contribution in [2.45, 2.75) is 20.8 Å². The van der Waals surface area contributed by atoms with Gasteiger partial charge in [0.05, 0.1) is 5.69 Å². The van der Waals surface area contributed by atoms with Crippen molar-refractivity contribution in [3.8, 4) is 5.75 Å². The van der Waals surface area contributed by atoms with E-state index in [9.17, 15) is 9.90 Å². The Morgan fingerprint density at radius 2 is 1.91 bits per heavy atom. The van der Waals surface area contributed by atoms with Gasteiger partial charge in [0.25, 0.3) is 0 Å². The molecule has 7 heteroatoms. The first-order chi connectivity index (χ1) is 10.9. The lowest BCUT2D eigenvalue weighted by molar-refractivity contribution is 0.262. The number of phenolic OH excluding ortho intramolecular Hbond substituents is 1. The van der Waals surface area contributed by atoms with Gasteiger partial charge in [-0.3, -0.25) is 0 Å². The molecule has 0 bridgehead atoms. The van der Waals surface area contributed by atoms with Crippen LogP contribution in [0.4, 0.5) is 21.9 Å². The number of hydrogen-bond acceptors (Lipinski definition) is 3. The Labute approximate surface area is 133 Å². The molecule has 118 valence electrons. The van der Waals surface area contributed by atoms with Crippen molar-refractivity contribution < 1.29 is 9.90 Å². The van der Waals surface area contributed by atoms with Gasteiger partial charge in [0.2, 0.25) is 0 Å². The number of amides is 2. The second-order valence-corrected chi connectivity index (χ2v) is 5.18. The number of aromatic hydroxyl groups is 1. The fraction of sp³-hybridized carbons (Fsp3) is 0.188. The van der Waals surface area contributed by atoms with Gasteiger partial charge in [-0.25, -0.2) is 4.79 Å². The Morgan fingerprint density at radius 1 is 1.17 bits per heavy atom. The van der Waals surface area contributed by atoms with Crippen LogP contribution in [-0.2, 0) is 0 Å². The molecule has 0 aliphatic rings. The number of anilines is 2. The Morgan fingerprint density at radius 3 is 2.57 bits per heavy atom. The molecule has 2 amide bonds. The molecule has 0 radical (unpaired) electrons. The molecule has 0 aliphatic heterocycles. The number of aryl methyl sites for hydroxylation is 1. The highest BCUT2D eigenvalue weighted by Crippen LogP contribution is 2.37. The average Bonchev–Trinajstić information content (AvgIpc) is 2.50. The molecule has 0 saturated heterocycles. The first kappa shape index (κ1) is 16.2. The van der Waals surface area contributed by atoms with Crippen molar-refractivity contribution in [3.05, 3.63) is 57.5 Å². The standard InChI is InChI=1S/C16H17N5O2/c1-9-5-4-6-12(7-9)18-16(23)19-13-8-14(20-21-17)15(22)11(3)10(13)2/h4-8,22H,1-3H3,(H2,18,19,23). The Balaban J connectivity index is 2.25. The second-order valence-electron chi connectivity index (χ2n) is 5.18. The first-order valence-electron chi connectivity index (χ1n) is 6.95. The third-order valence-electron chi connectivity index (χ3n) is 3.52. The number of azide groups is 1. The number of nitrogens with one attached hydrogen (secondary N) is 2. The summed E-state index contributed by atoms with van der Waals surface area (Å²) in [5.41, 5.74) is 12.0. The minimum Gasteiger partial charge on any atom is -0.507 e. The van der Waals surface area contributed by atoms with Crippen molar-refractivity contribution in [1.29, 1.82) is 0 Å². The zero-order valence-corrected chi connectivity index (χ0v) is 13.1. The first-order valence-corrected chi connectivity index (χ1v) is 6.95. The topological polar surface area (TPSA) is 110 Å². The lowest BCUT2D eigenvalue weighted by atomic mass is 10.1. The van der Waals surface area contributed by atoms with Crippen LogP contribution >= 0.6 is 0 Å². The van der Waals surface area contributed by atoms with E-state index in [1.54, 1.807) is 19.9 Å². The highest BCUT2D eigenvalue weighted by Gasteiger charge is 2.13. The fourth-order valence-electron chi connectivity index (χ4n) is 2.15. The van der Waals surface area contributed by atoms with E-state index in [2.05, 4.69) is 20.7 Å². The smallest absolute Gasteiger partial charge is 0.323 e. The van der Waals surface area contributed by atoms with E-state index in [-0.39, 0.29) is 11.4 Å². The summed E-state index contributed by atoms with van der Waals surface area (Å²) in [5.74, 6) is -0.0926. The van der Waals surface area contributed by atoms with E-state index in [0.717, 1.165) is 5.56 Å². The van der Waals surface area contributed by atoms with Crippen molar-refractivity contribution in [3.63, 3.8) is 0 Å². The highest BCUT2D eigenvalue weighted by molar-refractivity contribution is 6.00. The summed E-state index contributed by atoms with van der Waals surface area (Å²) in [7, 11) is 0. The molecule has 0 aromatic heterocycles. The van der Waals surface area contributed by atoms with Crippen molar-refractivity contribution in [1.82, 2.24) is 0 Å². The second kappa shape index (κ2) is 6.72. The number of rotatable bonds is 3. The van der Waals surface area contributed by atoms with Gasteiger partial charge in [-0.1, -0.05) is 17.2 Å². The maximum atomic E-state index is 12.1. The molecule has 3 N–H and O–H groups in total. The van der Waals surface area contributed by atoms with Crippen LogP contribution in [0, 0.1) is 20.8 Å². The molecule has 0 spiro atoms. The zero-order chi connectivity index (χ0) is 17.0. The van der Waals surface area contributed by atoms with Gasteiger partial charge in [0.1, 0.15) is 5.75 Å². The Hall–Kier alpha value is -3.18. The Bertz CT molecular complexity index is 810. The van der Waals surface area contributed by atoms with Crippen molar-refractivity contribution in [2.24, 2.45) is 5.11 Å². The predicted octanol–water partition coefficient (Wildman–Crippen LogP) is 4.90. The number of carbonyl (C=O) groups is 1. The third kappa shape index (κ3) is 3.72. The van der Waals surface area contributed by atoms with Crippen LogP contribution < -0.4 is 10.6 Å². The fourth-order valence-corrected chi connectivity index (χ4v) is 2.15. The zero-order valence-electron chi connectivity index (χ0n) is 13.1. The molecule has 2 aromatic carbocycles. The summed E-state index contributed by atoms with van der Waals surface area (Å²) in [6.07, 6.45) is 0. The molecular weight excluding hydrogens is 294 g/mol. The van der Waals surface area contributed by atoms with Crippen molar-refractivity contribution >= 4 is 23.1 Å². The van der Waals surface area contributed by atoms with E-state index >= 15 is 0 Å². The molecule has 0 fully saturated rings. The van der Waals surface area contributed by atoms with Gasteiger partial charge in [-0.05, 0) is 61.2 Å². The van der Waals surface area contributed by atoms with Crippen LogP contribution in [0.3, 0.4) is 0 Å². The average molecular weight is 311 g/mol. The van der Waals surface area contributed by atoms with Gasteiger partial charge in [0.15, 0.2) is 0 Å². The number of benzene rings is 2. The van der Waals surface area contributed by atoms with Gasteiger partial charge in [-0.15, -0.1) is 0 Å². The van der Waals surface area contributed by atoms with Crippen LogP contribution in [-0.4, -0.2) is 11.1 Å². The lowest BCUT2D eigenvalue weighted by Gasteiger charge is -2.14. The van der Waals surface area contributed by atoms with Crippen molar-refractivity contribution in [2.75, 3.05) is 10.6 Å². The number of nitrogens with zero attached hydrogens (tertiary/aromatic N) is 3. The molecule has 0 saturated carbocycles. The summed E-state index contributed by atoms with van der Waals surface area (Å²) in [4.78, 5) is 14.8. The van der Waals surface area contributed by atoms with Crippen LogP contribution in [0.25, 0.3) is 10.4 Å². The molecule has 0 heterocycles. The number of carbonyl (C=O) groups excluding carboxylic acids is 1. The summed E-state index contributed by atoms with van der Waals surface area (Å²) in [6, 6.07) is 8.43. The molecule has 7 nitrogen and oxygen atoms in total. The molecule has 2 rings (SSSR count). The number of phenols is 1. The van der Waals surface area contributed by atoms with Gasteiger partial charge in [0, 0.05) is 16.3 Å². The molecule has 23 heavy (non-hydrogen) atoms. The van der Waals surface area contributed by atoms with Gasteiger partial charge < -0.3 is 15.7 Å². The van der Waals surface area contributed by atoms with Crippen LogP contribution in [0.5, 0.6) is 5.75 Å². The summed E-state index contributed by atoms with van der Waals surface area (Å²) < 4.78 is 0. The van der Waals surface area contributed by atoms with E-state index in [4.69, 9.17) is 5.53 Å². The summed E-state index contributed by atoms with van der Waals surface area (Å²) in [6.45, 7) is 5.38. The SMILES string of the molecule is Cc1cccc(NC(=O)Nc2cc(N=[N+]=[N-])c(O)c(C)c2C)c1. The normalized spacial score (nSPS) is 9.87. The van der Waals surface area contributed by atoms with Gasteiger partial charge in [-0.2, -0.15) is 0 Å². The van der Waals surface area contributed by atoms with Crippen LogP contribution in [0.2, 0.25) is 0 Å². The molecular formula is C16H17N5O2. The quantitative estimate of drug-likeness (QED) is 0.324. The predicted molar refractivity (Wildman–Crippen MR) is 90.2 cm³/mol. The molecule has 0 aliphatic carbocycles. The third-order valence-corrected chi connectivity index (χ3v) is 3.52. The number of hydrogen-bond donors (Lipinski definition) is 3. The van der Waals surface area contributed by atoms with Gasteiger partial charge >= 0.3 is 6.03 Å². The number of urea groups is 1. The summed E-state index contributed by atoms with van der Waals surface area (Å²) in [5, 5.41) is 18.8. The van der Waals surface area contributed by atoms with Crippen LogP contribution in [0.1, 0.15) is 16.7 Å². The molecule has 2 aromatic rings. The van der Waals surface area contributed by atoms with E-state index < -0.39 is 6.03 Å². The highest BCUT2D eigenvalue weighted by atomic mass is 16.3. The maximum Gasteiger partial charge on any atom is 0.323 e. The lowest BCUT2D eigenvalue weighted by Crippen LogP contribution is -2.20. The van der Waals surface area contributed by atoms with E-state index in [1.807, 2.05) is 25.1 Å². The van der Waals surface area contributed by atoms with Crippen LogP contribution in [0.15, 0.2) is 35.4 Å². The summed E-state index contributed by atoms with van der Waals surface area (Å²) >= 11 is 0.